The van der Waals surface area contributed by atoms with Gasteiger partial charge < -0.3 is 10.6 Å². The number of nitrogens with zero attached hydrogens (tertiary/aromatic N) is 1. The van der Waals surface area contributed by atoms with E-state index in [-0.39, 0.29) is 17.9 Å². The van der Waals surface area contributed by atoms with Gasteiger partial charge in [-0.15, -0.1) is 0 Å². The second kappa shape index (κ2) is 4.49. The van der Waals surface area contributed by atoms with Crippen LogP contribution in [0.25, 0.3) is 0 Å². The normalized spacial score (nSPS) is 23.1. The van der Waals surface area contributed by atoms with E-state index in [1.165, 1.54) is 5.56 Å². The first-order chi connectivity index (χ1) is 7.99. The second-order valence-electron chi connectivity index (χ2n) is 5.12. The smallest absolute Gasteiger partial charge is 0.229 e. The monoisotopic (exact) mass is 232 g/mol. The minimum Gasteiger partial charge on any atom is -0.328 e. The van der Waals surface area contributed by atoms with Gasteiger partial charge in [0.2, 0.25) is 5.91 Å². The summed E-state index contributed by atoms with van der Waals surface area (Å²) in [6, 6.07) is 6.38. The number of aryl methyl sites for hydroxylation is 2. The number of amides is 1. The quantitative estimate of drug-likeness (QED) is 0.847. The number of anilines is 1. The molecule has 3 heteroatoms. The zero-order chi connectivity index (χ0) is 12.6. The third-order valence-electron chi connectivity index (χ3n) is 3.57. The summed E-state index contributed by atoms with van der Waals surface area (Å²) < 4.78 is 0. The molecule has 0 radical (unpaired) electrons. The Kier molecular flexibility index (Phi) is 3.20. The van der Waals surface area contributed by atoms with Crippen LogP contribution in [0.5, 0.6) is 0 Å². The summed E-state index contributed by atoms with van der Waals surface area (Å²) in [5.74, 6) is 0.314. The first-order valence-electron chi connectivity index (χ1n) is 6.09. The highest BCUT2D eigenvalue weighted by molar-refractivity contribution is 5.95. The van der Waals surface area contributed by atoms with E-state index in [0.29, 0.717) is 0 Å². The van der Waals surface area contributed by atoms with Gasteiger partial charge in [-0.1, -0.05) is 17.7 Å². The molecule has 17 heavy (non-hydrogen) atoms. The Balaban J connectivity index is 2.13. The van der Waals surface area contributed by atoms with Crippen molar-refractivity contribution in [3.63, 3.8) is 0 Å². The van der Waals surface area contributed by atoms with Gasteiger partial charge in [0.1, 0.15) is 0 Å². The number of rotatable bonds is 2. The highest BCUT2D eigenvalue weighted by Gasteiger charge is 2.34. The lowest BCUT2D eigenvalue weighted by Gasteiger charge is -2.34. The van der Waals surface area contributed by atoms with Gasteiger partial charge in [-0.25, -0.2) is 0 Å². The first-order valence-corrected chi connectivity index (χ1v) is 6.09. The minimum absolute atomic E-state index is 0.121. The molecule has 2 N–H and O–H groups in total. The molecule has 1 amide bonds. The molecule has 92 valence electrons. The van der Waals surface area contributed by atoms with Crippen molar-refractivity contribution in [2.24, 2.45) is 11.7 Å². The highest BCUT2D eigenvalue weighted by Crippen LogP contribution is 2.30. The number of carbonyl (C=O) groups is 1. The second-order valence-corrected chi connectivity index (χ2v) is 5.12. The fourth-order valence-corrected chi connectivity index (χ4v) is 2.44. The van der Waals surface area contributed by atoms with E-state index in [4.69, 9.17) is 5.73 Å². The standard InChI is InChI=1S/C14H20N2O/c1-9-4-5-13(10(2)6-9)16(3)14(17)11-7-12(15)8-11/h4-6,11-12H,7-8,15H2,1-3H3. The van der Waals surface area contributed by atoms with Crippen LogP contribution in [0.1, 0.15) is 24.0 Å². The molecule has 0 spiro atoms. The van der Waals surface area contributed by atoms with E-state index in [2.05, 4.69) is 13.0 Å². The van der Waals surface area contributed by atoms with Crippen LogP contribution in [-0.2, 0) is 4.79 Å². The lowest BCUT2D eigenvalue weighted by molar-refractivity contribution is -0.124. The molecule has 1 aromatic rings. The van der Waals surface area contributed by atoms with Crippen molar-refractivity contribution in [2.75, 3.05) is 11.9 Å². The Bertz CT molecular complexity index is 436. The van der Waals surface area contributed by atoms with Crippen molar-refractivity contribution >= 4 is 11.6 Å². The van der Waals surface area contributed by atoms with Crippen LogP contribution in [0.2, 0.25) is 0 Å². The van der Waals surface area contributed by atoms with Crippen molar-refractivity contribution in [3.8, 4) is 0 Å². The first kappa shape index (κ1) is 12.1. The topological polar surface area (TPSA) is 46.3 Å². The van der Waals surface area contributed by atoms with Gasteiger partial charge in [0, 0.05) is 24.7 Å². The minimum atomic E-state index is 0.121. The van der Waals surface area contributed by atoms with Crippen molar-refractivity contribution in [1.82, 2.24) is 0 Å². The van der Waals surface area contributed by atoms with E-state index >= 15 is 0 Å². The largest absolute Gasteiger partial charge is 0.328 e. The summed E-state index contributed by atoms with van der Waals surface area (Å²) in [5, 5.41) is 0. The van der Waals surface area contributed by atoms with Crippen LogP contribution in [0.3, 0.4) is 0 Å². The third kappa shape index (κ3) is 2.34. The molecule has 0 saturated heterocycles. The predicted octanol–water partition coefficient (Wildman–Crippen LogP) is 2.00. The van der Waals surface area contributed by atoms with Crippen LogP contribution in [-0.4, -0.2) is 19.0 Å². The summed E-state index contributed by atoms with van der Waals surface area (Å²) in [5.41, 5.74) is 9.09. The van der Waals surface area contributed by atoms with Crippen molar-refractivity contribution in [2.45, 2.75) is 32.7 Å². The van der Waals surface area contributed by atoms with Gasteiger partial charge in [-0.3, -0.25) is 4.79 Å². The lowest BCUT2D eigenvalue weighted by atomic mass is 9.80. The van der Waals surface area contributed by atoms with Gasteiger partial charge in [0.05, 0.1) is 0 Å². The average Bonchev–Trinajstić information content (AvgIpc) is 2.23. The summed E-state index contributed by atoms with van der Waals surface area (Å²) in [6.07, 6.45) is 1.65. The Labute approximate surface area is 103 Å². The Morgan fingerprint density at radius 1 is 1.35 bits per heavy atom. The van der Waals surface area contributed by atoms with Gasteiger partial charge in [-0.2, -0.15) is 0 Å². The molecule has 0 heterocycles. The van der Waals surface area contributed by atoms with Gasteiger partial charge in [0.25, 0.3) is 0 Å². The molecule has 0 atom stereocenters. The van der Waals surface area contributed by atoms with Crippen LogP contribution >= 0.6 is 0 Å². The summed E-state index contributed by atoms with van der Waals surface area (Å²) in [4.78, 5) is 13.9. The molecule has 1 aromatic carbocycles. The molecule has 1 saturated carbocycles. The highest BCUT2D eigenvalue weighted by atomic mass is 16.2. The predicted molar refractivity (Wildman–Crippen MR) is 70.0 cm³/mol. The number of hydrogen-bond acceptors (Lipinski definition) is 2. The number of nitrogens with two attached hydrogens (primary N) is 1. The molecule has 0 bridgehead atoms. The maximum absolute atomic E-state index is 12.2. The number of benzene rings is 1. The molecule has 1 aliphatic rings. The molecular formula is C14H20N2O. The molecule has 0 aliphatic heterocycles. The summed E-state index contributed by atoms with van der Waals surface area (Å²) >= 11 is 0. The SMILES string of the molecule is Cc1ccc(N(C)C(=O)C2CC(N)C2)c(C)c1. The van der Waals surface area contributed by atoms with Crippen LogP contribution in [0.4, 0.5) is 5.69 Å². The maximum Gasteiger partial charge on any atom is 0.229 e. The van der Waals surface area contributed by atoms with E-state index < -0.39 is 0 Å². The Hall–Kier alpha value is -1.35. The maximum atomic E-state index is 12.2. The van der Waals surface area contributed by atoms with E-state index in [1.54, 1.807) is 4.90 Å². The summed E-state index contributed by atoms with van der Waals surface area (Å²) in [6.45, 7) is 4.10. The molecule has 0 unspecified atom stereocenters. The van der Waals surface area contributed by atoms with E-state index in [1.807, 2.05) is 26.1 Å². The average molecular weight is 232 g/mol. The third-order valence-corrected chi connectivity index (χ3v) is 3.57. The summed E-state index contributed by atoms with van der Waals surface area (Å²) in [7, 11) is 1.85. The van der Waals surface area contributed by atoms with Gasteiger partial charge in [-0.05, 0) is 38.3 Å². The Morgan fingerprint density at radius 3 is 2.53 bits per heavy atom. The lowest BCUT2D eigenvalue weighted by Crippen LogP contribution is -2.45. The van der Waals surface area contributed by atoms with E-state index in [9.17, 15) is 4.79 Å². The molecule has 3 nitrogen and oxygen atoms in total. The zero-order valence-corrected chi connectivity index (χ0v) is 10.7. The molecule has 1 fully saturated rings. The molecule has 1 aliphatic carbocycles. The van der Waals surface area contributed by atoms with Crippen molar-refractivity contribution < 1.29 is 4.79 Å². The van der Waals surface area contributed by atoms with Gasteiger partial charge in [0.15, 0.2) is 0 Å². The fourth-order valence-electron chi connectivity index (χ4n) is 2.44. The number of carbonyl (C=O) groups excluding carboxylic acids is 1. The van der Waals surface area contributed by atoms with Crippen LogP contribution in [0, 0.1) is 19.8 Å². The zero-order valence-electron chi connectivity index (χ0n) is 10.7. The van der Waals surface area contributed by atoms with Gasteiger partial charge >= 0.3 is 0 Å². The molecule has 0 aromatic heterocycles. The molecular weight excluding hydrogens is 212 g/mol. The van der Waals surface area contributed by atoms with Crippen LogP contribution in [0.15, 0.2) is 18.2 Å². The van der Waals surface area contributed by atoms with Crippen molar-refractivity contribution in [1.29, 1.82) is 0 Å². The van der Waals surface area contributed by atoms with Crippen LogP contribution < -0.4 is 10.6 Å². The fraction of sp³-hybridized carbons (Fsp3) is 0.500. The molecule has 2 rings (SSSR count). The Morgan fingerprint density at radius 2 is 2.00 bits per heavy atom. The number of hydrogen-bond donors (Lipinski definition) is 1. The van der Waals surface area contributed by atoms with Crippen molar-refractivity contribution in [3.05, 3.63) is 29.3 Å². The van der Waals surface area contributed by atoms with E-state index in [0.717, 1.165) is 24.1 Å².